The molecule has 100 valence electrons. The van der Waals surface area contributed by atoms with E-state index in [0.29, 0.717) is 10.0 Å². The number of methoxy groups -OCH3 is 1. The zero-order valence-electron chi connectivity index (χ0n) is 10.2. The van der Waals surface area contributed by atoms with Gasteiger partial charge in [0.2, 0.25) is 0 Å². The van der Waals surface area contributed by atoms with Crippen molar-refractivity contribution in [3.8, 4) is 5.75 Å². The molecule has 2 nitrogen and oxygen atoms in total. The maximum absolute atomic E-state index is 13.3. The fourth-order valence-corrected chi connectivity index (χ4v) is 2.07. The monoisotopic (exact) mass is 299 g/mol. The maximum Gasteiger partial charge on any atom is 0.165 e. The summed E-state index contributed by atoms with van der Waals surface area (Å²) in [5.41, 5.74) is 7.66. The Bertz CT molecular complexity index is 604. The fourth-order valence-electron chi connectivity index (χ4n) is 1.77. The Morgan fingerprint density at radius 1 is 1.05 bits per heavy atom. The van der Waals surface area contributed by atoms with Crippen molar-refractivity contribution in [1.82, 2.24) is 0 Å². The minimum Gasteiger partial charge on any atom is -0.494 e. The Morgan fingerprint density at radius 3 is 2.32 bits per heavy atom. The summed E-state index contributed by atoms with van der Waals surface area (Å²) in [6, 6.07) is 9.25. The molecular formula is C14H12Cl2FNO. The van der Waals surface area contributed by atoms with Crippen LogP contribution in [0.1, 0.15) is 17.2 Å². The molecule has 2 rings (SSSR count). The van der Waals surface area contributed by atoms with Gasteiger partial charge in [0.05, 0.1) is 23.2 Å². The highest BCUT2D eigenvalue weighted by molar-refractivity contribution is 6.42. The predicted octanol–water partition coefficient (Wildman–Crippen LogP) is 4.19. The van der Waals surface area contributed by atoms with Crippen molar-refractivity contribution in [2.24, 2.45) is 5.73 Å². The molecule has 0 saturated heterocycles. The third-order valence-electron chi connectivity index (χ3n) is 2.84. The second kappa shape index (κ2) is 5.78. The van der Waals surface area contributed by atoms with Gasteiger partial charge in [0.25, 0.3) is 0 Å². The molecule has 5 heteroatoms. The van der Waals surface area contributed by atoms with Crippen molar-refractivity contribution >= 4 is 23.2 Å². The van der Waals surface area contributed by atoms with Crippen molar-refractivity contribution in [1.29, 1.82) is 0 Å². The van der Waals surface area contributed by atoms with E-state index in [1.54, 1.807) is 30.3 Å². The first-order valence-corrected chi connectivity index (χ1v) is 6.32. The molecule has 0 aliphatic heterocycles. The molecule has 19 heavy (non-hydrogen) atoms. The average molecular weight is 300 g/mol. The first kappa shape index (κ1) is 14.1. The molecule has 0 aliphatic carbocycles. The molecule has 0 bridgehead atoms. The third-order valence-corrected chi connectivity index (χ3v) is 3.58. The van der Waals surface area contributed by atoms with E-state index in [1.165, 1.54) is 13.2 Å². The Hall–Kier alpha value is -1.29. The Morgan fingerprint density at radius 2 is 1.68 bits per heavy atom. The van der Waals surface area contributed by atoms with Crippen molar-refractivity contribution < 1.29 is 9.13 Å². The molecule has 2 aromatic rings. The number of benzene rings is 2. The van der Waals surface area contributed by atoms with Gasteiger partial charge in [0.1, 0.15) is 0 Å². The lowest BCUT2D eigenvalue weighted by molar-refractivity contribution is 0.385. The van der Waals surface area contributed by atoms with Gasteiger partial charge < -0.3 is 10.5 Å². The van der Waals surface area contributed by atoms with Crippen LogP contribution in [0.3, 0.4) is 0 Å². The lowest BCUT2D eigenvalue weighted by Crippen LogP contribution is -2.12. The highest BCUT2D eigenvalue weighted by atomic mass is 35.5. The summed E-state index contributed by atoms with van der Waals surface area (Å²) in [6.45, 7) is 0. The summed E-state index contributed by atoms with van der Waals surface area (Å²) >= 11 is 11.8. The van der Waals surface area contributed by atoms with Gasteiger partial charge in [0, 0.05) is 0 Å². The van der Waals surface area contributed by atoms with Crippen LogP contribution in [0.5, 0.6) is 5.75 Å². The highest BCUT2D eigenvalue weighted by Crippen LogP contribution is 2.29. The van der Waals surface area contributed by atoms with Gasteiger partial charge in [-0.2, -0.15) is 0 Å². The third kappa shape index (κ3) is 3.00. The molecule has 1 unspecified atom stereocenters. The fraction of sp³-hybridized carbons (Fsp3) is 0.143. The van der Waals surface area contributed by atoms with E-state index in [0.717, 1.165) is 11.1 Å². The smallest absolute Gasteiger partial charge is 0.165 e. The predicted molar refractivity (Wildman–Crippen MR) is 75.4 cm³/mol. The van der Waals surface area contributed by atoms with Crippen LogP contribution in [-0.4, -0.2) is 7.11 Å². The lowest BCUT2D eigenvalue weighted by atomic mass is 9.99. The number of rotatable bonds is 3. The molecule has 0 spiro atoms. The van der Waals surface area contributed by atoms with Gasteiger partial charge in [-0.05, 0) is 35.4 Å². The minimum atomic E-state index is -0.427. The van der Waals surface area contributed by atoms with Crippen molar-refractivity contribution in [3.05, 3.63) is 63.4 Å². The topological polar surface area (TPSA) is 35.2 Å². The van der Waals surface area contributed by atoms with Gasteiger partial charge in [-0.3, -0.25) is 0 Å². The van der Waals surface area contributed by atoms with E-state index in [9.17, 15) is 4.39 Å². The summed E-state index contributed by atoms with van der Waals surface area (Å²) in [5.74, 6) is -0.263. The molecule has 0 heterocycles. The normalized spacial score (nSPS) is 12.3. The molecule has 2 aromatic carbocycles. The quantitative estimate of drug-likeness (QED) is 0.922. The molecule has 0 amide bonds. The van der Waals surface area contributed by atoms with Crippen molar-refractivity contribution in [2.75, 3.05) is 7.11 Å². The summed E-state index contributed by atoms with van der Waals surface area (Å²) < 4.78 is 18.3. The molecule has 0 saturated carbocycles. The average Bonchev–Trinajstić information content (AvgIpc) is 2.41. The van der Waals surface area contributed by atoms with Crippen LogP contribution in [0, 0.1) is 5.82 Å². The Balaban J connectivity index is 2.37. The first-order valence-electron chi connectivity index (χ1n) is 5.57. The van der Waals surface area contributed by atoms with E-state index in [4.69, 9.17) is 33.7 Å². The van der Waals surface area contributed by atoms with Gasteiger partial charge in [-0.1, -0.05) is 35.3 Å². The highest BCUT2D eigenvalue weighted by Gasteiger charge is 2.13. The van der Waals surface area contributed by atoms with E-state index in [2.05, 4.69) is 0 Å². The van der Waals surface area contributed by atoms with E-state index < -0.39 is 11.9 Å². The molecule has 0 radical (unpaired) electrons. The Kier molecular flexibility index (Phi) is 4.30. The van der Waals surface area contributed by atoms with E-state index in [1.807, 2.05) is 0 Å². The van der Waals surface area contributed by atoms with Crippen LogP contribution in [0.15, 0.2) is 36.4 Å². The number of hydrogen-bond donors (Lipinski definition) is 1. The SMILES string of the molecule is COc1cc(C(N)c2ccc(Cl)c(Cl)c2)ccc1F. The first-order chi connectivity index (χ1) is 9.02. The van der Waals surface area contributed by atoms with Gasteiger partial charge in [-0.15, -0.1) is 0 Å². The maximum atomic E-state index is 13.3. The van der Waals surface area contributed by atoms with Gasteiger partial charge >= 0.3 is 0 Å². The van der Waals surface area contributed by atoms with Crippen molar-refractivity contribution in [2.45, 2.75) is 6.04 Å². The largest absolute Gasteiger partial charge is 0.494 e. The standard InChI is InChI=1S/C14H12Cl2FNO/c1-19-13-7-9(3-5-12(13)17)14(18)8-2-4-10(15)11(16)6-8/h2-7,14H,18H2,1H3. The van der Waals surface area contributed by atoms with Crippen LogP contribution >= 0.6 is 23.2 Å². The molecule has 2 N–H and O–H groups in total. The molecule has 1 atom stereocenters. The zero-order valence-corrected chi connectivity index (χ0v) is 11.7. The van der Waals surface area contributed by atoms with Gasteiger partial charge in [0.15, 0.2) is 11.6 Å². The zero-order chi connectivity index (χ0) is 14.0. The lowest BCUT2D eigenvalue weighted by Gasteiger charge is -2.14. The van der Waals surface area contributed by atoms with Crippen LogP contribution in [0.25, 0.3) is 0 Å². The number of ether oxygens (including phenoxy) is 1. The van der Waals surface area contributed by atoms with Crippen LogP contribution in [0.4, 0.5) is 4.39 Å². The van der Waals surface area contributed by atoms with Crippen molar-refractivity contribution in [3.63, 3.8) is 0 Å². The van der Waals surface area contributed by atoms with Crippen LogP contribution < -0.4 is 10.5 Å². The second-order valence-corrected chi connectivity index (χ2v) is 4.86. The summed E-state index contributed by atoms with van der Waals surface area (Å²) in [5, 5.41) is 0.901. The number of nitrogens with two attached hydrogens (primary N) is 1. The number of halogens is 3. The van der Waals surface area contributed by atoms with E-state index >= 15 is 0 Å². The second-order valence-electron chi connectivity index (χ2n) is 4.05. The summed E-state index contributed by atoms with van der Waals surface area (Å²) in [7, 11) is 1.41. The summed E-state index contributed by atoms with van der Waals surface area (Å²) in [6.07, 6.45) is 0. The van der Waals surface area contributed by atoms with E-state index in [-0.39, 0.29) is 5.75 Å². The number of hydrogen-bond acceptors (Lipinski definition) is 2. The summed E-state index contributed by atoms with van der Waals surface area (Å²) in [4.78, 5) is 0. The van der Waals surface area contributed by atoms with Crippen LogP contribution in [-0.2, 0) is 0 Å². The molecule has 0 fully saturated rings. The van der Waals surface area contributed by atoms with Crippen LogP contribution in [0.2, 0.25) is 10.0 Å². The Labute approximate surface area is 120 Å². The molecular weight excluding hydrogens is 288 g/mol. The van der Waals surface area contributed by atoms with Gasteiger partial charge in [-0.25, -0.2) is 4.39 Å². The molecule has 0 aliphatic rings. The minimum absolute atomic E-state index is 0.160. The molecule has 0 aromatic heterocycles.